The summed E-state index contributed by atoms with van der Waals surface area (Å²) in [7, 11) is 0. The van der Waals surface area contributed by atoms with Crippen molar-refractivity contribution >= 4 is 17.7 Å². The first kappa shape index (κ1) is 19.9. The number of thioether (sulfide) groups is 1. The Morgan fingerprint density at radius 1 is 1.08 bits per heavy atom. The van der Waals surface area contributed by atoms with E-state index in [-0.39, 0.29) is 12.3 Å². The number of ether oxygens (including phenoxy) is 1. The predicted octanol–water partition coefficient (Wildman–Crippen LogP) is 3.26. The summed E-state index contributed by atoms with van der Waals surface area (Å²) < 4.78 is 4.92. The van der Waals surface area contributed by atoms with Crippen LogP contribution >= 0.6 is 11.8 Å². The van der Waals surface area contributed by atoms with E-state index in [1.165, 1.54) is 28.5 Å². The Morgan fingerprint density at radius 3 is 2.31 bits per heavy atom. The highest BCUT2D eigenvalue weighted by Gasteiger charge is 2.14. The summed E-state index contributed by atoms with van der Waals surface area (Å²) in [6, 6.07) is 14.7. The molecule has 138 valence electrons. The topological polar surface area (TPSA) is 90.4 Å². The van der Waals surface area contributed by atoms with Crippen LogP contribution in [0.4, 0.5) is 0 Å². The summed E-state index contributed by atoms with van der Waals surface area (Å²) in [6.45, 7) is 6.22. The zero-order chi connectivity index (χ0) is 19.1. The third-order valence-corrected chi connectivity index (χ3v) is 5.09. The molecule has 0 aliphatic carbocycles. The molecule has 2 aromatic carbocycles. The molecular weight excluding hydrogens is 346 g/mol. The van der Waals surface area contributed by atoms with Gasteiger partial charge >= 0.3 is 5.97 Å². The fraction of sp³-hybridized carbons (Fsp3) is 0.250. The first-order chi connectivity index (χ1) is 12.5. The molecule has 0 unspecified atom stereocenters. The van der Waals surface area contributed by atoms with Crippen molar-refractivity contribution in [3.05, 3.63) is 65.0 Å². The number of carbonyl (C=O) groups excluding carboxylic acids is 1. The molecule has 2 aromatic rings. The van der Waals surface area contributed by atoms with Crippen LogP contribution in [0.1, 0.15) is 18.1 Å². The van der Waals surface area contributed by atoms with Crippen molar-refractivity contribution < 1.29 is 9.53 Å². The number of carbonyl (C=O) groups is 1. The van der Waals surface area contributed by atoms with E-state index in [1.807, 2.05) is 12.1 Å². The molecule has 0 radical (unpaired) electrons. The largest absolute Gasteiger partial charge is 0.461 e. The first-order valence-corrected chi connectivity index (χ1v) is 9.37. The number of hydrazine groups is 1. The molecule has 26 heavy (non-hydrogen) atoms. The molecule has 5 N–H and O–H groups in total. The van der Waals surface area contributed by atoms with E-state index in [9.17, 15) is 4.79 Å². The highest BCUT2D eigenvalue weighted by atomic mass is 32.2. The number of nitrogens with two attached hydrogens (primary N) is 2. The van der Waals surface area contributed by atoms with Gasteiger partial charge in [0.2, 0.25) is 0 Å². The second-order valence-corrected chi connectivity index (χ2v) is 6.93. The molecule has 2 rings (SSSR count). The molecule has 0 heterocycles. The first-order valence-electron chi connectivity index (χ1n) is 8.39. The summed E-state index contributed by atoms with van der Waals surface area (Å²) in [5.41, 5.74) is 13.7. The molecule has 0 saturated carbocycles. The van der Waals surface area contributed by atoms with Gasteiger partial charge in [-0.1, -0.05) is 30.3 Å². The zero-order valence-electron chi connectivity index (χ0n) is 15.3. The predicted molar refractivity (Wildman–Crippen MR) is 107 cm³/mol. The highest BCUT2D eigenvalue weighted by Crippen LogP contribution is 2.26. The van der Waals surface area contributed by atoms with Gasteiger partial charge in [0, 0.05) is 10.6 Å². The smallest absolute Gasteiger partial charge is 0.357 e. The van der Waals surface area contributed by atoms with E-state index in [2.05, 4.69) is 49.6 Å². The van der Waals surface area contributed by atoms with Crippen LogP contribution in [0.3, 0.4) is 0 Å². The number of nitrogens with one attached hydrogen (secondary N) is 1. The lowest BCUT2D eigenvalue weighted by molar-refractivity contribution is -0.139. The normalized spacial score (nSPS) is 11.7. The number of esters is 1. The van der Waals surface area contributed by atoms with Gasteiger partial charge in [0.15, 0.2) is 5.70 Å². The van der Waals surface area contributed by atoms with Crippen LogP contribution in [-0.2, 0) is 9.53 Å². The molecule has 0 saturated heterocycles. The second kappa shape index (κ2) is 9.31. The van der Waals surface area contributed by atoms with E-state index >= 15 is 0 Å². The summed E-state index contributed by atoms with van der Waals surface area (Å²) in [6.07, 6.45) is 0. The number of rotatable bonds is 7. The van der Waals surface area contributed by atoms with Crippen LogP contribution < -0.4 is 17.0 Å². The van der Waals surface area contributed by atoms with Crippen LogP contribution in [0.25, 0.3) is 11.1 Å². The number of hydrogen-bond donors (Lipinski definition) is 3. The Kier molecular flexibility index (Phi) is 7.12. The van der Waals surface area contributed by atoms with Crippen LogP contribution in [0, 0.1) is 13.8 Å². The monoisotopic (exact) mass is 371 g/mol. The Labute approximate surface area is 158 Å². The molecule has 0 spiro atoms. The molecule has 0 amide bonds. The maximum atomic E-state index is 11.8. The fourth-order valence-corrected chi connectivity index (χ4v) is 3.18. The SMILES string of the molecule is CCOC(=O)/C(NN)=C(/N)CSc1ccc(-c2ccc(C)c(C)c2)cc1. The van der Waals surface area contributed by atoms with Crippen LogP contribution in [0.15, 0.2) is 58.8 Å². The Bertz CT molecular complexity index is 801. The summed E-state index contributed by atoms with van der Waals surface area (Å²) in [4.78, 5) is 12.8. The average Bonchev–Trinajstić information content (AvgIpc) is 2.63. The molecular formula is C20H25N3O2S. The minimum absolute atomic E-state index is 0.103. The third-order valence-electron chi connectivity index (χ3n) is 4.03. The van der Waals surface area contributed by atoms with Crippen LogP contribution in [0.2, 0.25) is 0 Å². The number of aryl methyl sites for hydroxylation is 2. The Balaban J connectivity index is 2.07. The lowest BCUT2D eigenvalue weighted by atomic mass is 10.0. The molecule has 0 bridgehead atoms. The van der Waals surface area contributed by atoms with Crippen LogP contribution in [0.5, 0.6) is 0 Å². The van der Waals surface area contributed by atoms with Crippen molar-refractivity contribution in [1.29, 1.82) is 0 Å². The average molecular weight is 372 g/mol. The summed E-state index contributed by atoms with van der Waals surface area (Å²) in [5.74, 6) is 5.27. The zero-order valence-corrected chi connectivity index (χ0v) is 16.2. The molecule has 0 aliphatic heterocycles. The summed E-state index contributed by atoms with van der Waals surface area (Å²) in [5, 5.41) is 0. The van der Waals surface area contributed by atoms with Crippen molar-refractivity contribution in [3.63, 3.8) is 0 Å². The number of hydrogen-bond acceptors (Lipinski definition) is 6. The van der Waals surface area contributed by atoms with Gasteiger partial charge in [-0.25, -0.2) is 4.79 Å². The second-order valence-electron chi connectivity index (χ2n) is 5.88. The van der Waals surface area contributed by atoms with E-state index in [0.29, 0.717) is 11.4 Å². The van der Waals surface area contributed by atoms with Gasteiger partial charge in [0.05, 0.1) is 12.3 Å². The molecule has 5 nitrogen and oxygen atoms in total. The van der Waals surface area contributed by atoms with Crippen molar-refractivity contribution in [2.24, 2.45) is 11.6 Å². The molecule has 0 aliphatic rings. The minimum atomic E-state index is -0.543. The molecule has 6 heteroatoms. The van der Waals surface area contributed by atoms with Crippen LogP contribution in [-0.4, -0.2) is 18.3 Å². The Morgan fingerprint density at radius 2 is 1.73 bits per heavy atom. The Hall–Kier alpha value is -2.44. The van der Waals surface area contributed by atoms with Crippen molar-refractivity contribution in [2.45, 2.75) is 25.7 Å². The van der Waals surface area contributed by atoms with Gasteiger partial charge in [-0.15, -0.1) is 11.8 Å². The molecule has 0 aromatic heterocycles. The number of benzene rings is 2. The maximum absolute atomic E-state index is 11.8. The van der Waals surface area contributed by atoms with E-state index in [4.69, 9.17) is 16.3 Å². The highest BCUT2D eigenvalue weighted by molar-refractivity contribution is 7.99. The van der Waals surface area contributed by atoms with Gasteiger partial charge in [-0.2, -0.15) is 0 Å². The lowest BCUT2D eigenvalue weighted by Crippen LogP contribution is -2.32. The minimum Gasteiger partial charge on any atom is -0.461 e. The summed E-state index contributed by atoms with van der Waals surface area (Å²) >= 11 is 1.53. The molecule has 0 atom stereocenters. The van der Waals surface area contributed by atoms with Gasteiger partial charge in [-0.05, 0) is 55.2 Å². The van der Waals surface area contributed by atoms with Gasteiger partial charge < -0.3 is 15.9 Å². The fourth-order valence-electron chi connectivity index (χ4n) is 2.38. The van der Waals surface area contributed by atoms with Gasteiger partial charge in [-0.3, -0.25) is 5.84 Å². The standard InChI is InChI=1S/C20H25N3O2S/c1-4-25-20(24)19(23-22)18(21)12-26-17-9-7-15(8-10-17)16-6-5-13(2)14(3)11-16/h5-11,23H,4,12,21-22H2,1-3H3/b19-18-. The van der Waals surface area contributed by atoms with Crippen molar-refractivity contribution in [1.82, 2.24) is 5.43 Å². The quantitative estimate of drug-likeness (QED) is 0.228. The molecule has 0 fully saturated rings. The lowest BCUT2D eigenvalue weighted by Gasteiger charge is -2.10. The van der Waals surface area contributed by atoms with Crippen molar-refractivity contribution in [2.75, 3.05) is 12.4 Å². The van der Waals surface area contributed by atoms with E-state index in [1.54, 1.807) is 6.92 Å². The van der Waals surface area contributed by atoms with E-state index in [0.717, 1.165) is 10.5 Å². The van der Waals surface area contributed by atoms with Crippen molar-refractivity contribution in [3.8, 4) is 11.1 Å². The van der Waals surface area contributed by atoms with E-state index < -0.39 is 5.97 Å². The maximum Gasteiger partial charge on any atom is 0.357 e. The third kappa shape index (κ3) is 5.03. The van der Waals surface area contributed by atoms with Gasteiger partial charge in [0.25, 0.3) is 0 Å². The van der Waals surface area contributed by atoms with Gasteiger partial charge in [0.1, 0.15) is 0 Å².